The van der Waals surface area contributed by atoms with E-state index in [4.69, 9.17) is 15.2 Å². The second-order valence-electron chi connectivity index (χ2n) is 8.20. The van der Waals surface area contributed by atoms with E-state index < -0.39 is 0 Å². The lowest BCUT2D eigenvalue weighted by Gasteiger charge is -2.22. The monoisotopic (exact) mass is 416 g/mol. The summed E-state index contributed by atoms with van der Waals surface area (Å²) in [6.45, 7) is 4.09. The summed E-state index contributed by atoms with van der Waals surface area (Å²) in [6, 6.07) is 14.3. The van der Waals surface area contributed by atoms with E-state index in [9.17, 15) is 0 Å². The van der Waals surface area contributed by atoms with Gasteiger partial charge in [-0.05, 0) is 86.8 Å². The van der Waals surface area contributed by atoms with Crippen molar-refractivity contribution in [2.45, 2.75) is 25.7 Å². The van der Waals surface area contributed by atoms with Crippen molar-refractivity contribution in [3.63, 3.8) is 0 Å². The Kier molecular flexibility index (Phi) is 5.47. The molecule has 0 radical (unpaired) electrons. The molecule has 160 valence electrons. The second kappa shape index (κ2) is 8.55. The summed E-state index contributed by atoms with van der Waals surface area (Å²) >= 11 is 0. The van der Waals surface area contributed by atoms with E-state index in [-0.39, 0.29) is 0 Å². The van der Waals surface area contributed by atoms with Crippen molar-refractivity contribution in [2.75, 3.05) is 39.1 Å². The molecule has 1 aliphatic heterocycles. The number of aryl methyl sites for hydroxylation is 1. The molecule has 5 rings (SSSR count). The summed E-state index contributed by atoms with van der Waals surface area (Å²) < 4.78 is 11.3. The number of likely N-dealkylation sites (tertiary alicyclic amines) is 1. The lowest BCUT2D eigenvalue weighted by Crippen LogP contribution is -2.25. The Morgan fingerprint density at radius 3 is 2.45 bits per heavy atom. The number of fused-ring (bicyclic) bond motifs is 3. The first-order chi connectivity index (χ1) is 15.2. The van der Waals surface area contributed by atoms with Crippen LogP contribution in [0.4, 0.5) is 5.95 Å². The van der Waals surface area contributed by atoms with Crippen LogP contribution in [0.1, 0.15) is 24.0 Å². The van der Waals surface area contributed by atoms with E-state index in [1.807, 2.05) is 18.2 Å². The molecule has 0 amide bonds. The van der Waals surface area contributed by atoms with Crippen LogP contribution in [0.2, 0.25) is 0 Å². The zero-order valence-electron chi connectivity index (χ0n) is 17.9. The van der Waals surface area contributed by atoms with Gasteiger partial charge in [0.1, 0.15) is 18.1 Å². The minimum atomic E-state index is 0.295. The highest BCUT2D eigenvalue weighted by atomic mass is 16.5. The number of anilines is 1. The third-order valence-corrected chi connectivity index (χ3v) is 6.24. The number of ether oxygens (including phenoxy) is 2. The van der Waals surface area contributed by atoms with Gasteiger partial charge in [-0.15, -0.1) is 0 Å². The number of benzene rings is 2. The van der Waals surface area contributed by atoms with Gasteiger partial charge in [-0.1, -0.05) is 0 Å². The molecular weight excluding hydrogens is 388 g/mol. The fourth-order valence-electron chi connectivity index (χ4n) is 4.60. The number of nitrogen functional groups attached to an aromatic ring is 1. The first kappa shape index (κ1) is 19.8. The molecule has 1 aliphatic carbocycles. The first-order valence-electron chi connectivity index (χ1n) is 11.0. The van der Waals surface area contributed by atoms with Gasteiger partial charge in [0.25, 0.3) is 0 Å². The molecule has 3 aromatic rings. The maximum atomic E-state index is 6.11. The van der Waals surface area contributed by atoms with E-state index in [0.29, 0.717) is 5.95 Å². The first-order valence-corrected chi connectivity index (χ1v) is 11.0. The average molecular weight is 417 g/mol. The smallest absolute Gasteiger partial charge is 0.221 e. The van der Waals surface area contributed by atoms with Crippen molar-refractivity contribution in [1.29, 1.82) is 0 Å². The zero-order valence-corrected chi connectivity index (χ0v) is 17.9. The molecule has 0 unspecified atom stereocenters. The van der Waals surface area contributed by atoms with Gasteiger partial charge in [0.15, 0.2) is 0 Å². The molecule has 2 N–H and O–H groups in total. The van der Waals surface area contributed by atoms with Crippen molar-refractivity contribution in [1.82, 2.24) is 14.9 Å². The summed E-state index contributed by atoms with van der Waals surface area (Å²) in [5.41, 5.74) is 12.5. The predicted molar refractivity (Wildman–Crippen MR) is 122 cm³/mol. The van der Waals surface area contributed by atoms with Gasteiger partial charge in [-0.3, -0.25) is 4.90 Å². The molecule has 6 nitrogen and oxygen atoms in total. The third-order valence-electron chi connectivity index (χ3n) is 6.24. The van der Waals surface area contributed by atoms with Gasteiger partial charge in [0.05, 0.1) is 18.5 Å². The fraction of sp³-hybridized carbons (Fsp3) is 0.360. The van der Waals surface area contributed by atoms with Crippen LogP contribution in [-0.4, -0.2) is 48.2 Å². The average Bonchev–Trinajstić information content (AvgIpc) is 3.32. The molecule has 1 aromatic heterocycles. The topological polar surface area (TPSA) is 73.5 Å². The van der Waals surface area contributed by atoms with Gasteiger partial charge in [0.2, 0.25) is 5.95 Å². The van der Waals surface area contributed by atoms with Crippen molar-refractivity contribution in [2.24, 2.45) is 0 Å². The third kappa shape index (κ3) is 4.08. The van der Waals surface area contributed by atoms with Crippen molar-refractivity contribution < 1.29 is 9.47 Å². The summed E-state index contributed by atoms with van der Waals surface area (Å²) in [7, 11) is 1.69. The van der Waals surface area contributed by atoms with Crippen LogP contribution in [0.5, 0.6) is 11.5 Å². The lowest BCUT2D eigenvalue weighted by atomic mass is 9.87. The Labute approximate surface area is 183 Å². The standard InChI is InChI=1S/C25H28N4O2/c1-30-20-9-11-21-18(16-20)6-10-22-23(27-25(26)28-24(21)22)17-4-7-19(8-5-17)31-15-14-29-12-2-3-13-29/h4-5,7-9,11,16H,2-3,6,10,12-15H2,1H3,(H2,26,27,28). The molecule has 0 saturated carbocycles. The van der Waals surface area contributed by atoms with E-state index in [1.54, 1.807) is 7.11 Å². The molecule has 1 fully saturated rings. The van der Waals surface area contributed by atoms with Crippen LogP contribution in [0.3, 0.4) is 0 Å². The Hall–Kier alpha value is -3.12. The molecular formula is C25H28N4O2. The molecule has 2 aromatic carbocycles. The Balaban J connectivity index is 1.38. The predicted octanol–water partition coefficient (Wildman–Crippen LogP) is 3.97. The van der Waals surface area contributed by atoms with Gasteiger partial charge >= 0.3 is 0 Å². The zero-order chi connectivity index (χ0) is 21.2. The Morgan fingerprint density at radius 1 is 0.935 bits per heavy atom. The van der Waals surface area contributed by atoms with Crippen LogP contribution in [0.25, 0.3) is 22.5 Å². The van der Waals surface area contributed by atoms with Gasteiger partial charge in [0, 0.05) is 23.2 Å². The molecule has 6 heteroatoms. The summed E-state index contributed by atoms with van der Waals surface area (Å²) in [4.78, 5) is 11.6. The highest BCUT2D eigenvalue weighted by Crippen LogP contribution is 2.38. The highest BCUT2D eigenvalue weighted by Gasteiger charge is 2.23. The van der Waals surface area contributed by atoms with Crippen LogP contribution >= 0.6 is 0 Å². The number of methoxy groups -OCH3 is 1. The minimum absolute atomic E-state index is 0.295. The highest BCUT2D eigenvalue weighted by molar-refractivity contribution is 5.78. The summed E-state index contributed by atoms with van der Waals surface area (Å²) in [5, 5.41) is 0. The van der Waals surface area contributed by atoms with Crippen molar-refractivity contribution in [3.8, 4) is 34.0 Å². The van der Waals surface area contributed by atoms with Gasteiger partial charge < -0.3 is 15.2 Å². The van der Waals surface area contributed by atoms with Crippen LogP contribution in [0, 0.1) is 0 Å². The molecule has 1 saturated heterocycles. The van der Waals surface area contributed by atoms with Crippen molar-refractivity contribution >= 4 is 5.95 Å². The van der Waals surface area contributed by atoms with E-state index in [0.717, 1.165) is 65.6 Å². The maximum Gasteiger partial charge on any atom is 0.221 e. The quantitative estimate of drug-likeness (QED) is 0.655. The van der Waals surface area contributed by atoms with E-state index in [2.05, 4.69) is 39.1 Å². The van der Waals surface area contributed by atoms with Crippen LogP contribution in [-0.2, 0) is 12.8 Å². The molecule has 0 spiro atoms. The summed E-state index contributed by atoms with van der Waals surface area (Å²) in [5.74, 6) is 2.05. The van der Waals surface area contributed by atoms with Crippen LogP contribution in [0.15, 0.2) is 42.5 Å². The normalized spacial score (nSPS) is 15.4. The van der Waals surface area contributed by atoms with Gasteiger partial charge in [-0.2, -0.15) is 0 Å². The second-order valence-corrected chi connectivity index (χ2v) is 8.20. The number of nitrogens with zero attached hydrogens (tertiary/aromatic N) is 3. The summed E-state index contributed by atoms with van der Waals surface area (Å²) in [6.07, 6.45) is 4.41. The molecule has 0 bridgehead atoms. The molecule has 2 heterocycles. The molecule has 0 atom stereocenters. The molecule has 2 aliphatic rings. The molecule has 31 heavy (non-hydrogen) atoms. The van der Waals surface area contributed by atoms with Crippen LogP contribution < -0.4 is 15.2 Å². The SMILES string of the molecule is COc1ccc2c(c1)CCc1c(-c3ccc(OCCN4CCCC4)cc3)nc(N)nc1-2. The number of hydrogen-bond acceptors (Lipinski definition) is 6. The largest absolute Gasteiger partial charge is 0.497 e. The fourth-order valence-corrected chi connectivity index (χ4v) is 4.60. The van der Waals surface area contributed by atoms with Crippen molar-refractivity contribution in [3.05, 3.63) is 53.6 Å². The van der Waals surface area contributed by atoms with E-state index >= 15 is 0 Å². The lowest BCUT2D eigenvalue weighted by molar-refractivity contribution is 0.238. The van der Waals surface area contributed by atoms with Gasteiger partial charge in [-0.25, -0.2) is 9.97 Å². The Morgan fingerprint density at radius 2 is 1.68 bits per heavy atom. The maximum absolute atomic E-state index is 6.11. The Bertz CT molecular complexity index is 1080. The van der Waals surface area contributed by atoms with E-state index in [1.165, 1.54) is 31.5 Å². The number of aromatic nitrogens is 2. The number of nitrogens with two attached hydrogens (primary N) is 1. The number of rotatable bonds is 6. The minimum Gasteiger partial charge on any atom is -0.497 e. The number of hydrogen-bond donors (Lipinski definition) is 1.